The van der Waals surface area contributed by atoms with Crippen molar-refractivity contribution in [3.63, 3.8) is 0 Å². The predicted molar refractivity (Wildman–Crippen MR) is 74.1 cm³/mol. The number of rotatable bonds is 5. The number of hydrogen-bond donors (Lipinski definition) is 2. The maximum Gasteiger partial charge on any atom is 0.250 e. The smallest absolute Gasteiger partial charge is 0.250 e. The number of primary amides is 1. The van der Waals surface area contributed by atoms with Gasteiger partial charge in [0.1, 0.15) is 5.82 Å². The standard InChI is InChI=1S/C14H20N4O/c15-14(19)10-3-6-13(17-8-10)18(12-4-5-12)9-11-2-1-7-16-11/h3,6,8,11-12,16H,1-2,4-5,7,9H2,(H2,15,19). The number of carbonyl (C=O) groups excluding carboxylic acids is 1. The highest BCUT2D eigenvalue weighted by molar-refractivity contribution is 5.92. The van der Waals surface area contributed by atoms with Crippen molar-refractivity contribution in [3.05, 3.63) is 23.9 Å². The van der Waals surface area contributed by atoms with Gasteiger partial charge in [-0.25, -0.2) is 4.98 Å². The first-order valence-electron chi connectivity index (χ1n) is 7.00. The van der Waals surface area contributed by atoms with Crippen LogP contribution in [-0.2, 0) is 0 Å². The second-order valence-corrected chi connectivity index (χ2v) is 5.45. The van der Waals surface area contributed by atoms with E-state index in [0.717, 1.165) is 18.9 Å². The summed E-state index contributed by atoms with van der Waals surface area (Å²) in [6.07, 6.45) is 6.56. The Balaban J connectivity index is 1.73. The van der Waals surface area contributed by atoms with E-state index < -0.39 is 5.91 Å². The van der Waals surface area contributed by atoms with E-state index >= 15 is 0 Å². The SMILES string of the molecule is NC(=O)c1ccc(N(CC2CCCN2)C2CC2)nc1. The summed E-state index contributed by atoms with van der Waals surface area (Å²) in [5.41, 5.74) is 5.71. The first kappa shape index (κ1) is 12.4. The Kier molecular flexibility index (Phi) is 3.38. The summed E-state index contributed by atoms with van der Waals surface area (Å²) in [4.78, 5) is 17.8. The van der Waals surface area contributed by atoms with Crippen molar-refractivity contribution in [1.82, 2.24) is 10.3 Å². The molecular formula is C14H20N4O. The van der Waals surface area contributed by atoms with Gasteiger partial charge in [0.05, 0.1) is 5.56 Å². The topological polar surface area (TPSA) is 71.2 Å². The van der Waals surface area contributed by atoms with E-state index in [1.165, 1.54) is 25.7 Å². The number of nitrogens with two attached hydrogens (primary N) is 1. The molecule has 1 aromatic heterocycles. The van der Waals surface area contributed by atoms with Crippen LogP contribution in [0, 0.1) is 0 Å². The van der Waals surface area contributed by atoms with Crippen LogP contribution in [0.15, 0.2) is 18.3 Å². The summed E-state index contributed by atoms with van der Waals surface area (Å²) in [6, 6.07) is 4.86. The van der Waals surface area contributed by atoms with Crippen molar-refractivity contribution in [1.29, 1.82) is 0 Å². The molecule has 19 heavy (non-hydrogen) atoms. The van der Waals surface area contributed by atoms with Gasteiger partial charge in [-0.3, -0.25) is 4.79 Å². The van der Waals surface area contributed by atoms with Gasteiger partial charge in [0.2, 0.25) is 5.91 Å². The van der Waals surface area contributed by atoms with Gasteiger partial charge in [-0.1, -0.05) is 0 Å². The zero-order valence-electron chi connectivity index (χ0n) is 11.0. The first-order valence-corrected chi connectivity index (χ1v) is 7.00. The minimum atomic E-state index is -0.422. The minimum absolute atomic E-state index is 0.422. The third kappa shape index (κ3) is 2.87. The first-order chi connectivity index (χ1) is 9.24. The van der Waals surface area contributed by atoms with Gasteiger partial charge in [-0.05, 0) is 44.4 Å². The van der Waals surface area contributed by atoms with Crippen molar-refractivity contribution in [2.75, 3.05) is 18.0 Å². The highest BCUT2D eigenvalue weighted by atomic mass is 16.1. The number of carbonyl (C=O) groups is 1. The molecule has 5 heteroatoms. The Morgan fingerprint density at radius 3 is 2.79 bits per heavy atom. The van der Waals surface area contributed by atoms with Gasteiger partial charge in [-0.2, -0.15) is 0 Å². The molecule has 0 bridgehead atoms. The quantitative estimate of drug-likeness (QED) is 0.825. The van der Waals surface area contributed by atoms with E-state index in [1.54, 1.807) is 12.3 Å². The van der Waals surface area contributed by atoms with Gasteiger partial charge >= 0.3 is 0 Å². The Morgan fingerprint density at radius 2 is 2.26 bits per heavy atom. The van der Waals surface area contributed by atoms with Crippen molar-refractivity contribution >= 4 is 11.7 Å². The second-order valence-electron chi connectivity index (χ2n) is 5.45. The zero-order chi connectivity index (χ0) is 13.2. The fourth-order valence-corrected chi connectivity index (χ4v) is 2.67. The van der Waals surface area contributed by atoms with Gasteiger partial charge in [0.25, 0.3) is 0 Å². The Morgan fingerprint density at radius 1 is 1.42 bits per heavy atom. The van der Waals surface area contributed by atoms with Crippen LogP contribution in [0.2, 0.25) is 0 Å². The summed E-state index contributed by atoms with van der Waals surface area (Å²) in [6.45, 7) is 2.13. The molecule has 3 N–H and O–H groups in total. The molecule has 1 aliphatic carbocycles. The van der Waals surface area contributed by atoms with Crippen LogP contribution in [-0.4, -0.2) is 36.1 Å². The largest absolute Gasteiger partial charge is 0.366 e. The molecule has 0 aromatic carbocycles. The van der Waals surface area contributed by atoms with Crippen molar-refractivity contribution in [2.45, 2.75) is 37.8 Å². The average molecular weight is 260 g/mol. The van der Waals surface area contributed by atoms with Crippen LogP contribution >= 0.6 is 0 Å². The fraction of sp³-hybridized carbons (Fsp3) is 0.571. The molecule has 2 fully saturated rings. The van der Waals surface area contributed by atoms with Crippen LogP contribution in [0.1, 0.15) is 36.0 Å². The van der Waals surface area contributed by atoms with Crippen LogP contribution < -0.4 is 16.0 Å². The summed E-state index contributed by atoms with van der Waals surface area (Å²) in [7, 11) is 0. The van der Waals surface area contributed by atoms with Crippen LogP contribution in [0.3, 0.4) is 0 Å². The van der Waals surface area contributed by atoms with Gasteiger partial charge in [0.15, 0.2) is 0 Å². The molecule has 2 aliphatic rings. The number of hydrogen-bond acceptors (Lipinski definition) is 4. The molecule has 1 atom stereocenters. The van der Waals surface area contributed by atoms with E-state index in [2.05, 4.69) is 15.2 Å². The number of pyridine rings is 1. The second kappa shape index (κ2) is 5.17. The molecule has 1 amide bonds. The third-order valence-corrected chi connectivity index (χ3v) is 3.89. The lowest BCUT2D eigenvalue weighted by molar-refractivity contribution is 0.1000. The molecule has 1 saturated carbocycles. The number of amides is 1. The molecule has 1 aromatic rings. The van der Waals surface area contributed by atoms with E-state index in [1.807, 2.05) is 6.07 Å². The Labute approximate surface area is 113 Å². The van der Waals surface area contributed by atoms with E-state index in [0.29, 0.717) is 17.6 Å². The summed E-state index contributed by atoms with van der Waals surface area (Å²) >= 11 is 0. The molecule has 0 spiro atoms. The van der Waals surface area contributed by atoms with Crippen LogP contribution in [0.5, 0.6) is 0 Å². The third-order valence-electron chi connectivity index (χ3n) is 3.89. The summed E-state index contributed by atoms with van der Waals surface area (Å²) < 4.78 is 0. The van der Waals surface area contributed by atoms with Crippen molar-refractivity contribution in [2.24, 2.45) is 5.73 Å². The zero-order valence-corrected chi connectivity index (χ0v) is 11.0. The number of nitrogens with zero attached hydrogens (tertiary/aromatic N) is 2. The lowest BCUT2D eigenvalue weighted by atomic mass is 10.2. The molecule has 5 nitrogen and oxygen atoms in total. The molecule has 0 radical (unpaired) electrons. The van der Waals surface area contributed by atoms with Crippen molar-refractivity contribution < 1.29 is 4.79 Å². The number of aromatic nitrogens is 1. The highest BCUT2D eigenvalue weighted by Gasteiger charge is 2.32. The molecule has 3 rings (SSSR count). The molecule has 1 unspecified atom stereocenters. The summed E-state index contributed by atoms with van der Waals surface area (Å²) in [5, 5.41) is 3.53. The van der Waals surface area contributed by atoms with E-state index in [-0.39, 0.29) is 0 Å². The Bertz CT molecular complexity index is 449. The average Bonchev–Trinajstić information content (AvgIpc) is 3.13. The Hall–Kier alpha value is -1.62. The minimum Gasteiger partial charge on any atom is -0.366 e. The highest BCUT2D eigenvalue weighted by Crippen LogP contribution is 2.31. The summed E-state index contributed by atoms with van der Waals surface area (Å²) in [5.74, 6) is 0.538. The van der Waals surface area contributed by atoms with Gasteiger partial charge in [-0.15, -0.1) is 0 Å². The van der Waals surface area contributed by atoms with Crippen LogP contribution in [0.4, 0.5) is 5.82 Å². The van der Waals surface area contributed by atoms with Crippen molar-refractivity contribution in [3.8, 4) is 0 Å². The lowest BCUT2D eigenvalue weighted by Gasteiger charge is -2.26. The lowest BCUT2D eigenvalue weighted by Crippen LogP contribution is -2.39. The molecule has 2 heterocycles. The maximum absolute atomic E-state index is 11.1. The molecule has 1 aliphatic heterocycles. The molecule has 102 valence electrons. The number of nitrogens with one attached hydrogen (secondary N) is 1. The maximum atomic E-state index is 11.1. The molecule has 1 saturated heterocycles. The number of anilines is 1. The predicted octanol–water partition coefficient (Wildman–Crippen LogP) is 0.901. The fourth-order valence-electron chi connectivity index (χ4n) is 2.67. The normalized spacial score (nSPS) is 22.4. The van der Waals surface area contributed by atoms with Gasteiger partial charge < -0.3 is 16.0 Å². The monoisotopic (exact) mass is 260 g/mol. The van der Waals surface area contributed by atoms with Crippen LogP contribution in [0.25, 0.3) is 0 Å². The van der Waals surface area contributed by atoms with E-state index in [4.69, 9.17) is 5.73 Å². The van der Waals surface area contributed by atoms with Gasteiger partial charge in [0, 0.05) is 24.8 Å². The molecular weight excluding hydrogens is 240 g/mol. The van der Waals surface area contributed by atoms with E-state index in [9.17, 15) is 4.79 Å².